The summed E-state index contributed by atoms with van der Waals surface area (Å²) in [6, 6.07) is 0. The number of rotatable bonds is 48. The van der Waals surface area contributed by atoms with E-state index in [1.54, 1.807) is 0 Å². The van der Waals surface area contributed by atoms with Gasteiger partial charge in [-0.2, -0.15) is 0 Å². The van der Waals surface area contributed by atoms with Crippen LogP contribution < -0.4 is 0 Å². The van der Waals surface area contributed by atoms with Gasteiger partial charge in [0.25, 0.3) is 0 Å². The third kappa shape index (κ3) is 51.3. The Bertz CT molecular complexity index is 1330. The van der Waals surface area contributed by atoms with Crippen molar-refractivity contribution in [2.24, 2.45) is 0 Å². The molecule has 6 nitrogen and oxygen atoms in total. The van der Waals surface area contributed by atoms with Crippen LogP contribution in [0.2, 0.25) is 0 Å². The van der Waals surface area contributed by atoms with Gasteiger partial charge in [0.05, 0.1) is 0 Å². The molecule has 0 N–H and O–H groups in total. The fraction of sp³-hybridized carbons (Fsp3) is 0.683. The third-order valence-electron chi connectivity index (χ3n) is 11.3. The summed E-state index contributed by atoms with van der Waals surface area (Å²) in [5.74, 6) is -1.09. The van der Waals surface area contributed by atoms with Gasteiger partial charge < -0.3 is 14.2 Å². The Hall–Kier alpha value is -3.67. The highest BCUT2D eigenvalue weighted by atomic mass is 16.6. The molecule has 0 bridgehead atoms. The van der Waals surface area contributed by atoms with E-state index in [1.807, 2.05) is 18.2 Å². The Labute approximate surface area is 407 Å². The van der Waals surface area contributed by atoms with Gasteiger partial charge in [0.2, 0.25) is 0 Å². The Morgan fingerprint density at radius 3 is 1.03 bits per heavy atom. The zero-order chi connectivity index (χ0) is 47.9. The normalized spacial score (nSPS) is 12.8. The summed E-state index contributed by atoms with van der Waals surface area (Å²) < 4.78 is 16.7. The second kappa shape index (κ2) is 53.9. The summed E-state index contributed by atoms with van der Waals surface area (Å²) in [6.45, 7) is 6.40. The van der Waals surface area contributed by atoms with E-state index in [-0.39, 0.29) is 38.0 Å². The van der Waals surface area contributed by atoms with E-state index in [2.05, 4.69) is 99.8 Å². The summed E-state index contributed by atoms with van der Waals surface area (Å²) in [5, 5.41) is 0. The van der Waals surface area contributed by atoms with E-state index >= 15 is 0 Å². The number of ether oxygens (including phenoxy) is 3. The van der Waals surface area contributed by atoms with Crippen LogP contribution in [0.15, 0.2) is 97.2 Å². The van der Waals surface area contributed by atoms with Gasteiger partial charge in [-0.25, -0.2) is 0 Å². The first-order chi connectivity index (χ1) is 32.5. The smallest absolute Gasteiger partial charge is 0.306 e. The number of hydrogen-bond acceptors (Lipinski definition) is 6. The minimum atomic E-state index is -0.842. The molecule has 0 aromatic rings. The minimum Gasteiger partial charge on any atom is -0.462 e. The molecule has 1 atom stereocenters. The van der Waals surface area contributed by atoms with E-state index in [9.17, 15) is 14.4 Å². The molecule has 0 aliphatic heterocycles. The summed E-state index contributed by atoms with van der Waals surface area (Å²) in [6.07, 6.45) is 71.4. The predicted octanol–water partition coefficient (Wildman–Crippen LogP) is 18.1. The minimum absolute atomic E-state index is 0.127. The fourth-order valence-electron chi connectivity index (χ4n) is 7.24. The van der Waals surface area contributed by atoms with Crippen LogP contribution in [-0.4, -0.2) is 37.2 Å². The van der Waals surface area contributed by atoms with Crippen molar-refractivity contribution in [3.05, 3.63) is 97.2 Å². The average molecular weight is 917 g/mol. The summed E-state index contributed by atoms with van der Waals surface area (Å²) in [7, 11) is 0. The first kappa shape index (κ1) is 62.3. The van der Waals surface area contributed by atoms with Crippen molar-refractivity contribution in [3.63, 3.8) is 0 Å². The monoisotopic (exact) mass is 917 g/mol. The van der Waals surface area contributed by atoms with E-state index in [0.717, 1.165) is 64.2 Å². The third-order valence-corrected chi connectivity index (χ3v) is 11.3. The van der Waals surface area contributed by atoms with Crippen LogP contribution in [-0.2, 0) is 28.6 Å². The molecular formula is C60H100O6. The number of unbranched alkanes of at least 4 members (excludes halogenated alkanes) is 21. The second-order valence-electron chi connectivity index (χ2n) is 17.7. The molecule has 0 spiro atoms. The molecule has 0 aliphatic carbocycles. The zero-order valence-corrected chi connectivity index (χ0v) is 42.9. The van der Waals surface area contributed by atoms with Gasteiger partial charge >= 0.3 is 17.9 Å². The lowest BCUT2D eigenvalue weighted by Gasteiger charge is -2.18. The molecule has 0 saturated carbocycles. The van der Waals surface area contributed by atoms with Crippen molar-refractivity contribution in [1.29, 1.82) is 0 Å². The average Bonchev–Trinajstić information content (AvgIpc) is 3.31. The SMILES string of the molecule is CC/C=C/C/C=C/C/C=C/C/C=C/C/C=C/CCC(=O)OC(COC(=O)CC/C=C/C/C=C/CCCCCCCC)COC(=O)CCCCCCCCC/C=C/CCCCCCCCCC. The maximum Gasteiger partial charge on any atom is 0.306 e. The van der Waals surface area contributed by atoms with Crippen molar-refractivity contribution in [1.82, 2.24) is 0 Å². The van der Waals surface area contributed by atoms with E-state index in [0.29, 0.717) is 19.3 Å². The van der Waals surface area contributed by atoms with Gasteiger partial charge in [0, 0.05) is 19.3 Å². The molecule has 0 saturated heterocycles. The van der Waals surface area contributed by atoms with Crippen LogP contribution in [0.25, 0.3) is 0 Å². The van der Waals surface area contributed by atoms with Crippen molar-refractivity contribution < 1.29 is 28.6 Å². The predicted molar refractivity (Wildman–Crippen MR) is 284 cm³/mol. The largest absolute Gasteiger partial charge is 0.462 e. The van der Waals surface area contributed by atoms with Gasteiger partial charge in [0.15, 0.2) is 6.10 Å². The molecule has 0 aromatic carbocycles. The molecule has 0 heterocycles. The van der Waals surface area contributed by atoms with Gasteiger partial charge in [-0.1, -0.05) is 227 Å². The highest BCUT2D eigenvalue weighted by Gasteiger charge is 2.19. The maximum atomic E-state index is 12.8. The molecular weight excluding hydrogens is 817 g/mol. The standard InChI is InChI=1S/C60H100O6/c1-4-7-10-13-16-19-22-25-27-29-30-31-33-35-38-41-44-47-50-53-59(62)65-56-57(55-64-58(61)52-49-46-43-40-37-34-24-21-18-15-12-9-6-3)66-60(63)54-51-48-45-42-39-36-32-28-26-23-20-17-14-11-8-5-2/h8,11,17,20,26,28-30,34,36-37,39,43,45-46,48,57H,4-7,9-10,12-16,18-19,21-25,27,31-33,35,38,40-42,44,47,49-56H2,1-3H3/b11-8+,20-17+,28-26+,30-29+,37-34+,39-36+,46-43+,48-45+. The lowest BCUT2D eigenvalue weighted by Crippen LogP contribution is -2.30. The number of carbonyl (C=O) groups excluding carboxylic acids is 3. The summed E-state index contributed by atoms with van der Waals surface area (Å²) in [5.41, 5.74) is 0. The molecule has 6 heteroatoms. The molecule has 1 unspecified atom stereocenters. The Morgan fingerprint density at radius 1 is 0.318 bits per heavy atom. The van der Waals surface area contributed by atoms with Crippen LogP contribution in [0, 0.1) is 0 Å². The van der Waals surface area contributed by atoms with Crippen LogP contribution in [0.5, 0.6) is 0 Å². The molecule has 66 heavy (non-hydrogen) atoms. The van der Waals surface area contributed by atoms with Gasteiger partial charge in [-0.05, 0) is 96.3 Å². The lowest BCUT2D eigenvalue weighted by atomic mass is 10.1. The lowest BCUT2D eigenvalue weighted by molar-refractivity contribution is -0.166. The van der Waals surface area contributed by atoms with E-state index in [4.69, 9.17) is 14.2 Å². The molecule has 0 amide bonds. The second-order valence-corrected chi connectivity index (χ2v) is 17.7. The van der Waals surface area contributed by atoms with Crippen LogP contribution in [0.4, 0.5) is 0 Å². The highest BCUT2D eigenvalue weighted by molar-refractivity contribution is 5.71. The Morgan fingerprint density at radius 2 is 0.621 bits per heavy atom. The number of hydrogen-bond donors (Lipinski definition) is 0. The van der Waals surface area contributed by atoms with E-state index in [1.165, 1.54) is 128 Å². The van der Waals surface area contributed by atoms with Gasteiger partial charge in [-0.15, -0.1) is 0 Å². The van der Waals surface area contributed by atoms with Crippen molar-refractivity contribution in [2.75, 3.05) is 13.2 Å². The molecule has 0 radical (unpaired) electrons. The Balaban J connectivity index is 4.52. The number of esters is 3. The fourth-order valence-corrected chi connectivity index (χ4v) is 7.24. The van der Waals surface area contributed by atoms with Crippen LogP contribution in [0.3, 0.4) is 0 Å². The topological polar surface area (TPSA) is 78.9 Å². The number of allylic oxidation sites excluding steroid dienone is 16. The molecule has 0 fully saturated rings. The van der Waals surface area contributed by atoms with Crippen molar-refractivity contribution in [3.8, 4) is 0 Å². The van der Waals surface area contributed by atoms with Crippen LogP contribution in [0.1, 0.15) is 245 Å². The maximum absolute atomic E-state index is 12.8. The van der Waals surface area contributed by atoms with Crippen molar-refractivity contribution >= 4 is 17.9 Å². The van der Waals surface area contributed by atoms with Crippen molar-refractivity contribution in [2.45, 2.75) is 252 Å². The molecule has 0 aliphatic rings. The quantitative estimate of drug-likeness (QED) is 0.0262. The summed E-state index contributed by atoms with van der Waals surface area (Å²) in [4.78, 5) is 38.0. The molecule has 376 valence electrons. The highest BCUT2D eigenvalue weighted by Crippen LogP contribution is 2.13. The Kier molecular flexibility index (Phi) is 50.9. The molecule has 0 rings (SSSR count). The van der Waals surface area contributed by atoms with Gasteiger partial charge in [-0.3, -0.25) is 14.4 Å². The van der Waals surface area contributed by atoms with Gasteiger partial charge in [0.1, 0.15) is 13.2 Å². The first-order valence-corrected chi connectivity index (χ1v) is 27.2. The first-order valence-electron chi connectivity index (χ1n) is 27.2. The van der Waals surface area contributed by atoms with E-state index < -0.39 is 12.1 Å². The van der Waals surface area contributed by atoms with Crippen LogP contribution >= 0.6 is 0 Å². The number of carbonyl (C=O) groups is 3. The summed E-state index contributed by atoms with van der Waals surface area (Å²) >= 11 is 0. The zero-order valence-electron chi connectivity index (χ0n) is 42.9. The molecule has 0 aromatic heterocycles.